The molecule has 2 aliphatic heterocycles. The lowest BCUT2D eigenvalue weighted by molar-refractivity contribution is -0.229. The Kier molecular flexibility index (Phi) is 11.3. The number of benzene rings is 1. The maximum Gasteiger partial charge on any atom is 0.339 e. The van der Waals surface area contributed by atoms with E-state index in [9.17, 15) is 30.0 Å². The summed E-state index contributed by atoms with van der Waals surface area (Å²) in [6.07, 6.45) is 3.34. The highest BCUT2D eigenvalue weighted by Gasteiger charge is 2.55. The number of aromatic hydroxyl groups is 1. The average Bonchev–Trinajstić information content (AvgIpc) is 3.31. The van der Waals surface area contributed by atoms with E-state index < -0.39 is 29.2 Å². The van der Waals surface area contributed by atoms with Crippen LogP contribution in [0.4, 0.5) is 0 Å². The van der Waals surface area contributed by atoms with Gasteiger partial charge in [0, 0.05) is 11.8 Å². The van der Waals surface area contributed by atoms with Crippen LogP contribution < -0.4 is 0 Å². The molecule has 4 N–H and O–H groups in total. The van der Waals surface area contributed by atoms with Crippen molar-refractivity contribution < 1.29 is 39.5 Å². The number of ether oxygens (including phenoxy) is 2. The van der Waals surface area contributed by atoms with Crippen LogP contribution in [-0.4, -0.2) is 67.8 Å². The van der Waals surface area contributed by atoms with Crippen LogP contribution in [0.25, 0.3) is 0 Å². The Morgan fingerprint density at radius 2 is 1.79 bits per heavy atom. The molecule has 2 heterocycles. The van der Waals surface area contributed by atoms with Crippen LogP contribution in [0.1, 0.15) is 115 Å². The van der Waals surface area contributed by atoms with Crippen LogP contribution in [0.5, 0.6) is 5.75 Å². The number of rotatable bonds is 13. The number of carboxylic acids is 1. The van der Waals surface area contributed by atoms with Crippen LogP contribution in [0, 0.1) is 30.6 Å². The van der Waals surface area contributed by atoms with Gasteiger partial charge in [-0.25, -0.2) is 4.79 Å². The second-order valence-electron chi connectivity index (χ2n) is 13.2. The van der Waals surface area contributed by atoms with Crippen molar-refractivity contribution in [2.45, 2.75) is 142 Å². The molecule has 8 nitrogen and oxygen atoms in total. The van der Waals surface area contributed by atoms with Gasteiger partial charge in [-0.2, -0.15) is 0 Å². The number of phenols is 1. The van der Waals surface area contributed by atoms with E-state index in [2.05, 4.69) is 13.8 Å². The molecule has 10 atom stereocenters. The van der Waals surface area contributed by atoms with Gasteiger partial charge in [0.15, 0.2) is 0 Å². The zero-order chi connectivity index (χ0) is 31.6. The number of ketones is 1. The van der Waals surface area contributed by atoms with Gasteiger partial charge in [-0.15, -0.1) is 0 Å². The van der Waals surface area contributed by atoms with Crippen molar-refractivity contribution in [1.82, 2.24) is 0 Å². The van der Waals surface area contributed by atoms with Crippen molar-refractivity contribution in [3.63, 3.8) is 0 Å². The Bertz CT molecular complexity index is 1100. The molecule has 1 aromatic rings. The highest BCUT2D eigenvalue weighted by Crippen LogP contribution is 2.48. The van der Waals surface area contributed by atoms with Crippen LogP contribution in [0.3, 0.4) is 0 Å². The first-order valence-electron chi connectivity index (χ1n) is 16.0. The van der Waals surface area contributed by atoms with Crippen LogP contribution >= 0.6 is 0 Å². The lowest BCUT2D eigenvalue weighted by Gasteiger charge is -2.47. The fraction of sp³-hybridized carbons (Fsp3) is 0.765. The minimum absolute atomic E-state index is 0.0157. The van der Waals surface area contributed by atoms with Gasteiger partial charge >= 0.3 is 5.97 Å². The van der Waals surface area contributed by atoms with Crippen LogP contribution in [0.15, 0.2) is 12.1 Å². The molecule has 2 saturated heterocycles. The fourth-order valence-corrected chi connectivity index (χ4v) is 7.45. The summed E-state index contributed by atoms with van der Waals surface area (Å²) in [5.41, 5.74) is -0.437. The van der Waals surface area contributed by atoms with E-state index in [1.807, 2.05) is 27.7 Å². The fourth-order valence-electron chi connectivity index (χ4n) is 7.45. The largest absolute Gasteiger partial charge is 0.507 e. The van der Waals surface area contributed by atoms with Gasteiger partial charge in [-0.05, 0) is 88.2 Å². The molecule has 0 amide bonds. The molecule has 42 heavy (non-hydrogen) atoms. The smallest absolute Gasteiger partial charge is 0.339 e. The van der Waals surface area contributed by atoms with Gasteiger partial charge in [-0.1, -0.05) is 53.7 Å². The molecular formula is C34H54O8. The number of Topliss-reactive ketones (excluding diaryl/α,β-unsaturated/α-hetero) is 1. The topological polar surface area (TPSA) is 134 Å². The third-order valence-corrected chi connectivity index (χ3v) is 10.7. The number of aryl methyl sites for hydroxylation is 2. The lowest BCUT2D eigenvalue weighted by atomic mass is 9.76. The molecule has 238 valence electrons. The standard InChI is InChI=1S/C34H54O8/c1-9-25(31-21(6)18-34(11-3,42-31)26-16-17-33(40,10-2)23(8)41-26)30(37)22(7)28(35)19(4)12-14-24-15-13-20(5)29(36)27(24)32(38)39/h13,15,19,21-23,25-26,28,31,35-36,40H,9-12,14,16-18H2,1-8H3,(H,38,39)/t19-,21+,22-,23+,25+,26?,28+,31?,33-,34-/m1/s1. The number of aliphatic hydroxyl groups excluding tert-OH is 1. The molecular weight excluding hydrogens is 536 g/mol. The Morgan fingerprint density at radius 1 is 1.12 bits per heavy atom. The molecule has 8 heteroatoms. The number of carbonyl (C=O) groups is 2. The quantitative estimate of drug-likeness (QED) is 0.225. The van der Waals surface area contributed by atoms with Gasteiger partial charge in [0.05, 0.1) is 35.6 Å². The molecule has 0 aliphatic carbocycles. The van der Waals surface area contributed by atoms with Crippen molar-refractivity contribution >= 4 is 11.8 Å². The van der Waals surface area contributed by atoms with Gasteiger partial charge < -0.3 is 29.9 Å². The third kappa shape index (κ3) is 6.72. The molecule has 1 aromatic carbocycles. The van der Waals surface area contributed by atoms with Gasteiger partial charge in [0.25, 0.3) is 0 Å². The van der Waals surface area contributed by atoms with Gasteiger partial charge in [0.2, 0.25) is 0 Å². The predicted molar refractivity (Wildman–Crippen MR) is 162 cm³/mol. The van der Waals surface area contributed by atoms with Crippen LogP contribution in [-0.2, 0) is 20.7 Å². The Morgan fingerprint density at radius 3 is 2.33 bits per heavy atom. The summed E-state index contributed by atoms with van der Waals surface area (Å²) in [6, 6.07) is 3.40. The summed E-state index contributed by atoms with van der Waals surface area (Å²) in [5.74, 6) is -2.55. The summed E-state index contributed by atoms with van der Waals surface area (Å²) in [5, 5.41) is 42.1. The highest BCUT2D eigenvalue weighted by atomic mass is 16.6. The summed E-state index contributed by atoms with van der Waals surface area (Å²) in [6.45, 7) is 15.4. The zero-order valence-electron chi connectivity index (χ0n) is 26.9. The first-order chi connectivity index (χ1) is 19.7. The Hall–Kier alpha value is -2.00. The highest BCUT2D eigenvalue weighted by molar-refractivity contribution is 5.93. The van der Waals surface area contributed by atoms with Gasteiger partial charge in [-0.3, -0.25) is 4.79 Å². The Labute approximate surface area is 251 Å². The van der Waals surface area contributed by atoms with E-state index in [4.69, 9.17) is 9.47 Å². The van der Waals surface area contributed by atoms with Crippen molar-refractivity contribution in [1.29, 1.82) is 0 Å². The zero-order valence-corrected chi connectivity index (χ0v) is 26.9. The summed E-state index contributed by atoms with van der Waals surface area (Å²) < 4.78 is 13.2. The number of aliphatic hydroxyl groups is 2. The van der Waals surface area contributed by atoms with E-state index in [0.717, 1.165) is 12.8 Å². The van der Waals surface area contributed by atoms with E-state index in [-0.39, 0.29) is 53.2 Å². The first-order valence-corrected chi connectivity index (χ1v) is 16.0. The maximum atomic E-state index is 13.9. The second-order valence-corrected chi connectivity index (χ2v) is 13.2. The molecule has 0 bridgehead atoms. The number of aromatic carboxylic acids is 1. The van der Waals surface area contributed by atoms with Gasteiger partial charge in [0.1, 0.15) is 17.1 Å². The number of hydrogen-bond donors (Lipinski definition) is 4. The van der Waals surface area contributed by atoms with Crippen molar-refractivity contribution in [3.8, 4) is 5.75 Å². The lowest BCUT2D eigenvalue weighted by Crippen LogP contribution is -2.55. The SMILES string of the molecule is CC[C@@H](C(=O)[C@H](C)[C@@H](O)[C@H](C)CCc1ccc(C)c(O)c1C(=O)O)C1O[C@@](CC)(C2CC[C@](O)(CC)[C@H](C)O2)C[C@@H]1C. The van der Waals surface area contributed by atoms with Crippen molar-refractivity contribution in [3.05, 3.63) is 28.8 Å². The number of carbonyl (C=O) groups excluding carboxylic acids is 1. The van der Waals surface area contributed by atoms with E-state index in [1.54, 1.807) is 26.0 Å². The molecule has 0 saturated carbocycles. The molecule has 2 unspecified atom stereocenters. The van der Waals surface area contributed by atoms with Crippen LogP contribution in [0.2, 0.25) is 0 Å². The molecule has 3 rings (SSSR count). The Balaban J connectivity index is 1.69. The van der Waals surface area contributed by atoms with Crippen molar-refractivity contribution in [2.75, 3.05) is 0 Å². The van der Waals surface area contributed by atoms with Crippen molar-refractivity contribution in [2.24, 2.45) is 23.7 Å². The third-order valence-electron chi connectivity index (χ3n) is 10.7. The second kappa shape index (κ2) is 13.7. The summed E-state index contributed by atoms with van der Waals surface area (Å²) >= 11 is 0. The average molecular weight is 591 g/mol. The maximum absolute atomic E-state index is 13.9. The monoisotopic (exact) mass is 590 g/mol. The number of hydrogen-bond acceptors (Lipinski definition) is 7. The summed E-state index contributed by atoms with van der Waals surface area (Å²) in [7, 11) is 0. The number of carboxylic acid groups (broad SMARTS) is 1. The predicted octanol–water partition coefficient (Wildman–Crippen LogP) is 5.84. The molecule has 0 radical (unpaired) electrons. The minimum atomic E-state index is -1.18. The summed E-state index contributed by atoms with van der Waals surface area (Å²) in [4.78, 5) is 25.7. The van der Waals surface area contributed by atoms with E-state index >= 15 is 0 Å². The normalized spacial score (nSPS) is 32.7. The molecule has 0 aromatic heterocycles. The first kappa shape index (κ1) is 34.5. The minimum Gasteiger partial charge on any atom is -0.507 e. The molecule has 0 spiro atoms. The molecule has 2 fully saturated rings. The van der Waals surface area contributed by atoms with E-state index in [0.29, 0.717) is 49.7 Å². The molecule has 2 aliphatic rings. The van der Waals surface area contributed by atoms with E-state index in [1.165, 1.54) is 0 Å².